The van der Waals surface area contributed by atoms with Gasteiger partial charge in [0, 0.05) is 51.2 Å². The molecule has 0 aromatic carbocycles. The second-order valence-electron chi connectivity index (χ2n) is 5.64. The standard InChI is InChI=1S/C15H22N4O/c20-15(12-18-8-6-16-7-9-18)19(14-3-4-14)11-13-2-1-5-17-10-13/h1-2,5,10,14,16H,3-4,6-9,11-12H2. The Morgan fingerprint density at radius 2 is 2.20 bits per heavy atom. The van der Waals surface area contributed by atoms with E-state index in [-0.39, 0.29) is 5.91 Å². The predicted octanol–water partition coefficient (Wildman–Crippen LogP) is 0.478. The summed E-state index contributed by atoms with van der Waals surface area (Å²) in [6.45, 7) is 5.16. The van der Waals surface area contributed by atoms with Crippen molar-refractivity contribution in [3.63, 3.8) is 0 Å². The first-order valence-electron chi connectivity index (χ1n) is 7.44. The van der Waals surface area contributed by atoms with E-state index in [4.69, 9.17) is 0 Å². The van der Waals surface area contributed by atoms with Crippen LogP contribution in [0.1, 0.15) is 18.4 Å². The average molecular weight is 274 g/mol. The highest BCUT2D eigenvalue weighted by Gasteiger charge is 2.33. The molecule has 0 bridgehead atoms. The highest BCUT2D eigenvalue weighted by molar-refractivity contribution is 5.79. The van der Waals surface area contributed by atoms with Gasteiger partial charge in [0.05, 0.1) is 6.54 Å². The van der Waals surface area contributed by atoms with Gasteiger partial charge < -0.3 is 10.2 Å². The molecule has 5 nitrogen and oxygen atoms in total. The molecule has 0 atom stereocenters. The summed E-state index contributed by atoms with van der Waals surface area (Å²) in [6.07, 6.45) is 5.92. The Labute approximate surface area is 120 Å². The lowest BCUT2D eigenvalue weighted by Crippen LogP contribution is -2.48. The fraction of sp³-hybridized carbons (Fsp3) is 0.600. The molecular weight excluding hydrogens is 252 g/mol. The molecule has 1 saturated heterocycles. The summed E-state index contributed by atoms with van der Waals surface area (Å²) in [6, 6.07) is 4.42. The molecule has 1 aromatic heterocycles. The van der Waals surface area contributed by atoms with Crippen LogP contribution in [0.4, 0.5) is 0 Å². The summed E-state index contributed by atoms with van der Waals surface area (Å²) in [7, 11) is 0. The van der Waals surface area contributed by atoms with Gasteiger partial charge in [0.2, 0.25) is 5.91 Å². The van der Waals surface area contributed by atoms with E-state index < -0.39 is 0 Å². The molecular formula is C15H22N4O. The van der Waals surface area contributed by atoms with Gasteiger partial charge in [-0.2, -0.15) is 0 Å². The van der Waals surface area contributed by atoms with Crippen molar-refractivity contribution in [2.75, 3.05) is 32.7 Å². The SMILES string of the molecule is O=C(CN1CCNCC1)N(Cc1cccnc1)C1CC1. The quantitative estimate of drug-likeness (QED) is 0.848. The first kappa shape index (κ1) is 13.5. The van der Waals surface area contributed by atoms with Crippen molar-refractivity contribution < 1.29 is 4.79 Å². The van der Waals surface area contributed by atoms with Crippen molar-refractivity contribution in [2.24, 2.45) is 0 Å². The number of nitrogens with zero attached hydrogens (tertiary/aromatic N) is 3. The molecule has 2 heterocycles. The summed E-state index contributed by atoms with van der Waals surface area (Å²) < 4.78 is 0. The Balaban J connectivity index is 1.59. The van der Waals surface area contributed by atoms with E-state index in [9.17, 15) is 4.79 Å². The van der Waals surface area contributed by atoms with Crippen LogP contribution in [0.15, 0.2) is 24.5 Å². The molecule has 0 radical (unpaired) electrons. The van der Waals surface area contributed by atoms with Crippen molar-refractivity contribution in [2.45, 2.75) is 25.4 Å². The maximum atomic E-state index is 12.5. The molecule has 2 aliphatic rings. The van der Waals surface area contributed by atoms with E-state index in [1.807, 2.05) is 23.2 Å². The normalized spacial score (nSPS) is 19.8. The van der Waals surface area contributed by atoms with Crippen molar-refractivity contribution in [3.05, 3.63) is 30.1 Å². The van der Waals surface area contributed by atoms with Gasteiger partial charge in [-0.15, -0.1) is 0 Å². The molecule has 0 unspecified atom stereocenters. The van der Waals surface area contributed by atoms with Gasteiger partial charge in [-0.25, -0.2) is 0 Å². The monoisotopic (exact) mass is 274 g/mol. The number of aromatic nitrogens is 1. The highest BCUT2D eigenvalue weighted by atomic mass is 16.2. The maximum Gasteiger partial charge on any atom is 0.237 e. The topological polar surface area (TPSA) is 48.5 Å². The van der Waals surface area contributed by atoms with Gasteiger partial charge in [0.1, 0.15) is 0 Å². The van der Waals surface area contributed by atoms with Gasteiger partial charge in [-0.3, -0.25) is 14.7 Å². The van der Waals surface area contributed by atoms with E-state index in [0.29, 0.717) is 19.1 Å². The number of carbonyl (C=O) groups excluding carboxylic acids is 1. The average Bonchev–Trinajstić information content (AvgIpc) is 3.31. The Hall–Kier alpha value is -1.46. The zero-order valence-corrected chi connectivity index (χ0v) is 11.8. The fourth-order valence-electron chi connectivity index (χ4n) is 2.65. The van der Waals surface area contributed by atoms with Gasteiger partial charge in [0.15, 0.2) is 0 Å². The molecule has 1 N–H and O–H groups in total. The highest BCUT2D eigenvalue weighted by Crippen LogP contribution is 2.28. The van der Waals surface area contributed by atoms with Crippen LogP contribution in [0.3, 0.4) is 0 Å². The fourth-order valence-corrected chi connectivity index (χ4v) is 2.65. The molecule has 1 aromatic rings. The summed E-state index contributed by atoms with van der Waals surface area (Å²) >= 11 is 0. The van der Waals surface area contributed by atoms with E-state index >= 15 is 0 Å². The van der Waals surface area contributed by atoms with Crippen LogP contribution in [-0.4, -0.2) is 59.5 Å². The first-order valence-corrected chi connectivity index (χ1v) is 7.44. The van der Waals surface area contributed by atoms with Crippen molar-refractivity contribution in [3.8, 4) is 0 Å². The second kappa shape index (κ2) is 6.33. The Kier molecular flexibility index (Phi) is 4.28. The van der Waals surface area contributed by atoms with Crippen LogP contribution in [0.2, 0.25) is 0 Å². The molecule has 1 saturated carbocycles. The smallest absolute Gasteiger partial charge is 0.237 e. The molecule has 108 valence electrons. The summed E-state index contributed by atoms with van der Waals surface area (Å²) in [5.74, 6) is 0.262. The lowest BCUT2D eigenvalue weighted by Gasteiger charge is -2.30. The Bertz CT molecular complexity index is 440. The maximum absolute atomic E-state index is 12.5. The number of rotatable bonds is 5. The van der Waals surface area contributed by atoms with E-state index in [2.05, 4.69) is 15.2 Å². The van der Waals surface area contributed by atoms with Crippen LogP contribution in [-0.2, 0) is 11.3 Å². The number of pyridine rings is 1. The van der Waals surface area contributed by atoms with Crippen molar-refractivity contribution in [1.82, 2.24) is 20.1 Å². The van der Waals surface area contributed by atoms with E-state index in [1.165, 1.54) is 0 Å². The molecule has 3 rings (SSSR count). The van der Waals surface area contributed by atoms with Gasteiger partial charge >= 0.3 is 0 Å². The zero-order valence-electron chi connectivity index (χ0n) is 11.8. The van der Waals surface area contributed by atoms with E-state index in [0.717, 1.165) is 44.6 Å². The number of piperazine rings is 1. The second-order valence-corrected chi connectivity index (χ2v) is 5.64. The largest absolute Gasteiger partial charge is 0.334 e. The number of hydrogen-bond donors (Lipinski definition) is 1. The van der Waals surface area contributed by atoms with Gasteiger partial charge in [0.25, 0.3) is 0 Å². The minimum Gasteiger partial charge on any atom is -0.334 e. The minimum atomic E-state index is 0.262. The molecule has 2 fully saturated rings. The molecule has 1 amide bonds. The van der Waals surface area contributed by atoms with Gasteiger partial charge in [-0.05, 0) is 24.5 Å². The van der Waals surface area contributed by atoms with Crippen LogP contribution >= 0.6 is 0 Å². The lowest BCUT2D eigenvalue weighted by atomic mass is 10.2. The molecule has 1 aliphatic carbocycles. The summed E-state index contributed by atoms with van der Waals surface area (Å²) in [5, 5.41) is 3.32. The van der Waals surface area contributed by atoms with E-state index in [1.54, 1.807) is 6.20 Å². The molecule has 20 heavy (non-hydrogen) atoms. The Morgan fingerprint density at radius 3 is 2.85 bits per heavy atom. The Morgan fingerprint density at radius 1 is 1.40 bits per heavy atom. The number of amides is 1. The number of hydrogen-bond acceptors (Lipinski definition) is 4. The lowest BCUT2D eigenvalue weighted by molar-refractivity contribution is -0.133. The minimum absolute atomic E-state index is 0.262. The summed E-state index contributed by atoms with van der Waals surface area (Å²) in [5.41, 5.74) is 1.12. The van der Waals surface area contributed by atoms with Gasteiger partial charge in [-0.1, -0.05) is 6.07 Å². The van der Waals surface area contributed by atoms with Crippen molar-refractivity contribution in [1.29, 1.82) is 0 Å². The predicted molar refractivity (Wildman–Crippen MR) is 77.1 cm³/mol. The molecule has 5 heteroatoms. The first-order chi connectivity index (χ1) is 9.83. The number of carbonyl (C=O) groups is 1. The van der Waals surface area contributed by atoms with Crippen molar-refractivity contribution >= 4 is 5.91 Å². The molecule has 0 spiro atoms. The van der Waals surface area contributed by atoms with Crippen LogP contribution in [0.5, 0.6) is 0 Å². The van der Waals surface area contributed by atoms with Crippen LogP contribution in [0, 0.1) is 0 Å². The third kappa shape index (κ3) is 3.55. The zero-order chi connectivity index (χ0) is 13.8. The van der Waals surface area contributed by atoms with Crippen LogP contribution in [0.25, 0.3) is 0 Å². The summed E-state index contributed by atoms with van der Waals surface area (Å²) in [4.78, 5) is 21.0. The number of nitrogens with one attached hydrogen (secondary N) is 1. The molecule has 1 aliphatic heterocycles. The third-order valence-electron chi connectivity index (χ3n) is 3.95. The third-order valence-corrected chi connectivity index (χ3v) is 3.95. The van der Waals surface area contributed by atoms with Crippen LogP contribution < -0.4 is 5.32 Å².